The highest BCUT2D eigenvalue weighted by molar-refractivity contribution is 5.35. The van der Waals surface area contributed by atoms with Crippen LogP contribution >= 0.6 is 0 Å². The highest BCUT2D eigenvalue weighted by atomic mass is 35.5. The van der Waals surface area contributed by atoms with E-state index in [4.69, 9.17) is 9.47 Å². The van der Waals surface area contributed by atoms with Gasteiger partial charge in [0.1, 0.15) is 11.5 Å². The molecular weight excluding hydrogens is 358 g/mol. The summed E-state index contributed by atoms with van der Waals surface area (Å²) in [6.45, 7) is 4.85. The van der Waals surface area contributed by atoms with E-state index in [0.29, 0.717) is 6.61 Å². The molecule has 2 aromatic carbocycles. The Balaban J connectivity index is 0.00000261. The molecule has 1 saturated heterocycles. The molecule has 2 aromatic rings. The van der Waals surface area contributed by atoms with Crippen LogP contribution in [0.2, 0.25) is 0 Å². The average molecular weight is 390 g/mol. The van der Waals surface area contributed by atoms with E-state index in [9.17, 15) is 0 Å². The van der Waals surface area contributed by atoms with Crippen molar-refractivity contribution in [2.24, 2.45) is 0 Å². The average Bonchev–Trinajstić information content (AvgIpc) is 3.06. The zero-order chi connectivity index (χ0) is 18.2. The van der Waals surface area contributed by atoms with Gasteiger partial charge in [-0.2, -0.15) is 0 Å². The summed E-state index contributed by atoms with van der Waals surface area (Å²) in [5, 5.41) is 0. The zero-order valence-electron chi connectivity index (χ0n) is 16.5. The molecule has 0 saturated carbocycles. The van der Waals surface area contributed by atoms with Crippen molar-refractivity contribution in [3.8, 4) is 11.5 Å². The summed E-state index contributed by atoms with van der Waals surface area (Å²) in [5.74, 6) is 2.00. The fraction of sp³-hybridized carbons (Fsp3) is 0.478. The quantitative estimate of drug-likeness (QED) is 0.667. The summed E-state index contributed by atoms with van der Waals surface area (Å²) in [5.41, 5.74) is 2.60. The third-order valence-corrected chi connectivity index (χ3v) is 5.41. The van der Waals surface area contributed by atoms with Crippen LogP contribution in [0.3, 0.4) is 0 Å². The number of hydrogen-bond donors (Lipinski definition) is 1. The number of aryl methyl sites for hydroxylation is 2. The van der Waals surface area contributed by atoms with Crippen LogP contribution in [0.25, 0.3) is 0 Å². The SMILES string of the molecule is CCOc1cccc(CCc2ccccc2OCCC2CCC[NH+]2C)c1.[Cl-]. The van der Waals surface area contributed by atoms with Crippen molar-refractivity contribution in [2.75, 3.05) is 26.8 Å². The Labute approximate surface area is 170 Å². The minimum absolute atomic E-state index is 0. The van der Waals surface area contributed by atoms with Crippen molar-refractivity contribution in [3.63, 3.8) is 0 Å². The predicted octanol–water partition coefficient (Wildman–Crippen LogP) is 0.321. The summed E-state index contributed by atoms with van der Waals surface area (Å²) >= 11 is 0. The van der Waals surface area contributed by atoms with Gasteiger partial charge in [-0.15, -0.1) is 0 Å². The van der Waals surface area contributed by atoms with E-state index >= 15 is 0 Å². The Morgan fingerprint density at radius 2 is 1.89 bits per heavy atom. The van der Waals surface area contributed by atoms with Crippen molar-refractivity contribution in [2.45, 2.75) is 45.1 Å². The lowest BCUT2D eigenvalue weighted by molar-refractivity contribution is -0.892. The number of ether oxygens (including phenoxy) is 2. The van der Waals surface area contributed by atoms with Gasteiger partial charge in [-0.3, -0.25) is 0 Å². The molecule has 2 unspecified atom stereocenters. The number of hydrogen-bond acceptors (Lipinski definition) is 2. The minimum atomic E-state index is 0. The van der Waals surface area contributed by atoms with E-state index in [2.05, 4.69) is 49.5 Å². The molecule has 2 atom stereocenters. The van der Waals surface area contributed by atoms with Crippen molar-refractivity contribution in [1.82, 2.24) is 0 Å². The molecule has 1 heterocycles. The zero-order valence-corrected chi connectivity index (χ0v) is 17.3. The summed E-state index contributed by atoms with van der Waals surface area (Å²) in [7, 11) is 2.31. The Bertz CT molecular complexity index is 692. The molecule has 1 fully saturated rings. The number of nitrogens with one attached hydrogen (secondary N) is 1. The first-order valence-electron chi connectivity index (χ1n) is 10.0. The second-order valence-corrected chi connectivity index (χ2v) is 7.26. The standard InChI is InChI=1S/C23H31NO2.ClH/c1-3-25-22-11-6-8-19(18-22)13-14-20-9-4-5-12-23(20)26-17-15-21-10-7-16-24(21)2;/h4-6,8-9,11-12,18,21H,3,7,10,13-17H2,1-2H3;1H. The summed E-state index contributed by atoms with van der Waals surface area (Å²) in [4.78, 5) is 1.66. The third-order valence-electron chi connectivity index (χ3n) is 5.41. The predicted molar refractivity (Wildman–Crippen MR) is 106 cm³/mol. The molecule has 4 heteroatoms. The number of rotatable bonds is 9. The van der Waals surface area contributed by atoms with E-state index in [1.807, 2.05) is 13.0 Å². The van der Waals surface area contributed by atoms with Gasteiger partial charge in [0, 0.05) is 19.3 Å². The second-order valence-electron chi connectivity index (χ2n) is 7.26. The number of para-hydroxylation sites is 1. The van der Waals surface area contributed by atoms with Gasteiger partial charge in [0.25, 0.3) is 0 Å². The monoisotopic (exact) mass is 389 g/mol. The van der Waals surface area contributed by atoms with Gasteiger partial charge >= 0.3 is 0 Å². The van der Waals surface area contributed by atoms with Gasteiger partial charge in [0.2, 0.25) is 0 Å². The van der Waals surface area contributed by atoms with Gasteiger partial charge in [0.05, 0.1) is 32.8 Å². The van der Waals surface area contributed by atoms with Crippen molar-refractivity contribution in [1.29, 1.82) is 0 Å². The maximum Gasteiger partial charge on any atom is 0.122 e. The Hall–Kier alpha value is -1.71. The van der Waals surface area contributed by atoms with Crippen molar-refractivity contribution >= 4 is 0 Å². The van der Waals surface area contributed by atoms with E-state index in [-0.39, 0.29) is 12.4 Å². The number of quaternary nitrogens is 1. The normalized spacial score (nSPS) is 18.7. The van der Waals surface area contributed by atoms with E-state index < -0.39 is 0 Å². The second kappa shape index (κ2) is 11.2. The maximum absolute atomic E-state index is 6.16. The molecule has 0 radical (unpaired) electrons. The topological polar surface area (TPSA) is 22.9 Å². The van der Waals surface area contributed by atoms with Crippen LogP contribution in [0, 0.1) is 0 Å². The third kappa shape index (κ3) is 6.44. The Morgan fingerprint density at radius 1 is 1.04 bits per heavy atom. The largest absolute Gasteiger partial charge is 1.00 e. The molecular formula is C23H32ClNO2. The number of benzene rings is 2. The smallest absolute Gasteiger partial charge is 0.122 e. The maximum atomic E-state index is 6.16. The highest BCUT2D eigenvalue weighted by Gasteiger charge is 2.24. The summed E-state index contributed by atoms with van der Waals surface area (Å²) < 4.78 is 11.8. The molecule has 27 heavy (non-hydrogen) atoms. The van der Waals surface area contributed by atoms with Crippen molar-refractivity contribution in [3.05, 3.63) is 59.7 Å². The van der Waals surface area contributed by atoms with Crippen LogP contribution < -0.4 is 26.8 Å². The van der Waals surface area contributed by atoms with Crippen LogP contribution in [0.5, 0.6) is 11.5 Å². The van der Waals surface area contributed by atoms with E-state index in [0.717, 1.165) is 43.4 Å². The molecule has 3 nitrogen and oxygen atoms in total. The lowest BCUT2D eigenvalue weighted by atomic mass is 10.0. The first-order chi connectivity index (χ1) is 12.8. The number of likely N-dealkylation sites (tertiary alicyclic amines) is 1. The van der Waals surface area contributed by atoms with Gasteiger partial charge in [-0.25, -0.2) is 0 Å². The molecule has 0 amide bonds. The Morgan fingerprint density at radius 3 is 2.67 bits per heavy atom. The van der Waals surface area contributed by atoms with Gasteiger partial charge in [-0.05, 0) is 49.1 Å². The van der Waals surface area contributed by atoms with E-state index in [1.165, 1.54) is 30.5 Å². The Kier molecular flexibility index (Phi) is 8.96. The molecule has 0 aliphatic carbocycles. The summed E-state index contributed by atoms with van der Waals surface area (Å²) in [6, 6.07) is 17.6. The van der Waals surface area contributed by atoms with Crippen LogP contribution in [0.1, 0.15) is 37.3 Å². The molecule has 0 bridgehead atoms. The minimum Gasteiger partial charge on any atom is -1.00 e. The van der Waals surface area contributed by atoms with Gasteiger partial charge in [-0.1, -0.05) is 30.3 Å². The highest BCUT2D eigenvalue weighted by Crippen LogP contribution is 2.22. The summed E-state index contributed by atoms with van der Waals surface area (Å²) in [6.07, 6.45) is 5.83. The van der Waals surface area contributed by atoms with Crippen LogP contribution in [0.4, 0.5) is 0 Å². The van der Waals surface area contributed by atoms with Crippen molar-refractivity contribution < 1.29 is 26.8 Å². The molecule has 1 aliphatic heterocycles. The first kappa shape index (κ1) is 21.6. The lowest BCUT2D eigenvalue weighted by Gasteiger charge is -2.17. The van der Waals surface area contributed by atoms with Crippen LogP contribution in [-0.2, 0) is 12.8 Å². The molecule has 1 N–H and O–H groups in total. The lowest BCUT2D eigenvalue weighted by Crippen LogP contribution is -3.10. The van der Waals surface area contributed by atoms with Gasteiger partial charge in [0.15, 0.2) is 0 Å². The first-order valence-corrected chi connectivity index (χ1v) is 10.0. The molecule has 148 valence electrons. The fourth-order valence-electron chi connectivity index (χ4n) is 3.87. The molecule has 0 aromatic heterocycles. The molecule has 3 rings (SSSR count). The fourth-order valence-corrected chi connectivity index (χ4v) is 3.87. The molecule has 1 aliphatic rings. The van der Waals surface area contributed by atoms with Crippen LogP contribution in [-0.4, -0.2) is 32.8 Å². The van der Waals surface area contributed by atoms with Crippen LogP contribution in [0.15, 0.2) is 48.5 Å². The van der Waals surface area contributed by atoms with E-state index in [1.54, 1.807) is 4.90 Å². The number of halogens is 1. The van der Waals surface area contributed by atoms with Gasteiger partial charge < -0.3 is 26.8 Å². The molecule has 0 spiro atoms.